The standard InChI is InChI=1S/C14H23NO4/c1-4-17-10-8-15(9-11-18-5-2)14-7-6-13(19-14)12(3)16/h6-7H,4-5,8-11H2,1-3H3. The van der Waals surface area contributed by atoms with Gasteiger partial charge in [-0.15, -0.1) is 0 Å². The van der Waals surface area contributed by atoms with Gasteiger partial charge in [-0.2, -0.15) is 0 Å². The number of ether oxygens (including phenoxy) is 2. The van der Waals surface area contributed by atoms with Crippen LogP contribution in [0, 0.1) is 0 Å². The van der Waals surface area contributed by atoms with Crippen LogP contribution in [-0.4, -0.2) is 45.3 Å². The monoisotopic (exact) mass is 269 g/mol. The Morgan fingerprint density at radius 3 is 2.16 bits per heavy atom. The van der Waals surface area contributed by atoms with Gasteiger partial charge in [0.1, 0.15) is 0 Å². The Labute approximate surface area is 114 Å². The third-order valence-corrected chi connectivity index (χ3v) is 2.67. The Morgan fingerprint density at radius 2 is 1.74 bits per heavy atom. The fourth-order valence-electron chi connectivity index (χ4n) is 1.66. The van der Waals surface area contributed by atoms with Crippen molar-refractivity contribution < 1.29 is 18.7 Å². The third-order valence-electron chi connectivity index (χ3n) is 2.67. The summed E-state index contributed by atoms with van der Waals surface area (Å²) in [6.45, 7) is 9.48. The number of hydrogen-bond donors (Lipinski definition) is 0. The summed E-state index contributed by atoms with van der Waals surface area (Å²) < 4.78 is 16.2. The Morgan fingerprint density at radius 1 is 1.16 bits per heavy atom. The summed E-state index contributed by atoms with van der Waals surface area (Å²) in [6.07, 6.45) is 0. The maximum Gasteiger partial charge on any atom is 0.196 e. The summed E-state index contributed by atoms with van der Waals surface area (Å²) in [5.41, 5.74) is 0. The van der Waals surface area contributed by atoms with E-state index in [1.807, 2.05) is 24.8 Å². The third kappa shape index (κ3) is 5.44. The lowest BCUT2D eigenvalue weighted by Crippen LogP contribution is -2.30. The van der Waals surface area contributed by atoms with Crippen molar-refractivity contribution in [3.63, 3.8) is 0 Å². The van der Waals surface area contributed by atoms with Crippen molar-refractivity contribution in [2.24, 2.45) is 0 Å². The largest absolute Gasteiger partial charge is 0.437 e. The van der Waals surface area contributed by atoms with E-state index in [9.17, 15) is 4.79 Å². The second-order valence-corrected chi connectivity index (χ2v) is 4.07. The van der Waals surface area contributed by atoms with E-state index >= 15 is 0 Å². The minimum atomic E-state index is -0.0687. The van der Waals surface area contributed by atoms with Crippen molar-refractivity contribution >= 4 is 11.7 Å². The van der Waals surface area contributed by atoms with Gasteiger partial charge in [0.15, 0.2) is 17.4 Å². The highest BCUT2D eigenvalue weighted by molar-refractivity contribution is 5.91. The average molecular weight is 269 g/mol. The number of ketones is 1. The number of carbonyl (C=O) groups is 1. The van der Waals surface area contributed by atoms with Crippen molar-refractivity contribution in [1.82, 2.24) is 0 Å². The van der Waals surface area contributed by atoms with Crippen molar-refractivity contribution in [3.8, 4) is 0 Å². The maximum absolute atomic E-state index is 11.2. The van der Waals surface area contributed by atoms with E-state index in [2.05, 4.69) is 0 Å². The molecule has 108 valence electrons. The summed E-state index contributed by atoms with van der Waals surface area (Å²) >= 11 is 0. The van der Waals surface area contributed by atoms with E-state index in [0.29, 0.717) is 51.2 Å². The van der Waals surface area contributed by atoms with Crippen molar-refractivity contribution in [3.05, 3.63) is 17.9 Å². The zero-order valence-electron chi connectivity index (χ0n) is 12.0. The lowest BCUT2D eigenvalue weighted by molar-refractivity contribution is 0.0987. The normalized spacial score (nSPS) is 10.7. The highest BCUT2D eigenvalue weighted by Gasteiger charge is 2.13. The van der Waals surface area contributed by atoms with Crippen LogP contribution in [0.4, 0.5) is 5.88 Å². The maximum atomic E-state index is 11.2. The molecule has 0 aliphatic rings. The number of nitrogens with zero attached hydrogens (tertiary/aromatic N) is 1. The number of Topliss-reactive ketones (excluding diaryl/α,β-unsaturated/α-hetero) is 1. The Hall–Kier alpha value is -1.33. The first-order chi connectivity index (χ1) is 9.19. The summed E-state index contributed by atoms with van der Waals surface area (Å²) in [6, 6.07) is 3.51. The first kappa shape index (κ1) is 15.7. The van der Waals surface area contributed by atoms with E-state index in [1.54, 1.807) is 6.07 Å². The van der Waals surface area contributed by atoms with Crippen LogP contribution in [0.1, 0.15) is 31.3 Å². The molecule has 5 heteroatoms. The minimum absolute atomic E-state index is 0.0687. The minimum Gasteiger partial charge on any atom is -0.437 e. The molecule has 0 radical (unpaired) electrons. The lowest BCUT2D eigenvalue weighted by atomic mass is 10.3. The fraction of sp³-hybridized carbons (Fsp3) is 0.643. The van der Waals surface area contributed by atoms with Gasteiger partial charge in [-0.3, -0.25) is 4.79 Å². The number of furan rings is 1. The molecule has 1 aromatic rings. The Bertz CT molecular complexity index is 365. The fourth-order valence-corrected chi connectivity index (χ4v) is 1.66. The SMILES string of the molecule is CCOCCN(CCOCC)c1ccc(C(C)=O)o1. The molecule has 0 atom stereocenters. The van der Waals surface area contributed by atoms with E-state index in [1.165, 1.54) is 6.92 Å². The first-order valence-electron chi connectivity index (χ1n) is 6.70. The summed E-state index contributed by atoms with van der Waals surface area (Å²) in [7, 11) is 0. The van der Waals surface area contributed by atoms with Crippen LogP contribution in [0.15, 0.2) is 16.5 Å². The molecule has 0 N–H and O–H groups in total. The molecule has 1 aromatic heterocycles. The molecule has 0 saturated carbocycles. The number of anilines is 1. The van der Waals surface area contributed by atoms with Gasteiger partial charge in [0.25, 0.3) is 0 Å². The highest BCUT2D eigenvalue weighted by Crippen LogP contribution is 2.18. The quantitative estimate of drug-likeness (QED) is 0.482. The van der Waals surface area contributed by atoms with Crippen molar-refractivity contribution in [2.45, 2.75) is 20.8 Å². The molecule has 0 aliphatic carbocycles. The highest BCUT2D eigenvalue weighted by atomic mass is 16.5. The van der Waals surface area contributed by atoms with Crippen LogP contribution in [-0.2, 0) is 9.47 Å². The zero-order chi connectivity index (χ0) is 14.1. The molecule has 0 aliphatic heterocycles. The summed E-state index contributed by atoms with van der Waals surface area (Å²) in [5, 5.41) is 0. The predicted octanol–water partition coefficient (Wildman–Crippen LogP) is 2.36. The van der Waals surface area contributed by atoms with Crippen LogP contribution in [0.2, 0.25) is 0 Å². The molecule has 0 spiro atoms. The number of carbonyl (C=O) groups excluding carboxylic acids is 1. The second-order valence-electron chi connectivity index (χ2n) is 4.07. The molecule has 1 rings (SSSR count). The van der Waals surface area contributed by atoms with Gasteiger partial charge in [-0.25, -0.2) is 0 Å². The molecule has 0 bridgehead atoms. The predicted molar refractivity (Wildman–Crippen MR) is 73.9 cm³/mol. The first-order valence-corrected chi connectivity index (χ1v) is 6.70. The topological polar surface area (TPSA) is 51.9 Å². The molecule has 19 heavy (non-hydrogen) atoms. The Kier molecular flexibility index (Phi) is 7.22. The molecule has 0 saturated heterocycles. The van der Waals surface area contributed by atoms with Gasteiger partial charge in [-0.05, 0) is 19.9 Å². The molecule has 0 aromatic carbocycles. The molecule has 0 fully saturated rings. The van der Waals surface area contributed by atoms with Crippen LogP contribution < -0.4 is 4.90 Å². The van der Waals surface area contributed by atoms with E-state index in [0.717, 1.165) is 0 Å². The van der Waals surface area contributed by atoms with Gasteiger partial charge >= 0.3 is 0 Å². The molecule has 1 heterocycles. The average Bonchev–Trinajstić information content (AvgIpc) is 2.87. The van der Waals surface area contributed by atoms with Gasteiger partial charge in [0, 0.05) is 39.3 Å². The summed E-state index contributed by atoms with van der Waals surface area (Å²) in [5.74, 6) is 0.998. The van der Waals surface area contributed by atoms with Crippen LogP contribution in [0.5, 0.6) is 0 Å². The molecular weight excluding hydrogens is 246 g/mol. The van der Waals surface area contributed by atoms with E-state index in [-0.39, 0.29) is 5.78 Å². The van der Waals surface area contributed by atoms with Gasteiger partial charge in [0.2, 0.25) is 0 Å². The molecule has 0 unspecified atom stereocenters. The molecule has 0 amide bonds. The molecule has 5 nitrogen and oxygen atoms in total. The van der Waals surface area contributed by atoms with Gasteiger partial charge in [0.05, 0.1) is 13.2 Å². The Balaban J connectivity index is 2.61. The lowest BCUT2D eigenvalue weighted by Gasteiger charge is -2.21. The van der Waals surface area contributed by atoms with Gasteiger partial charge in [-0.1, -0.05) is 0 Å². The van der Waals surface area contributed by atoms with Crippen molar-refractivity contribution in [1.29, 1.82) is 0 Å². The van der Waals surface area contributed by atoms with Crippen molar-refractivity contribution in [2.75, 3.05) is 44.4 Å². The van der Waals surface area contributed by atoms with Gasteiger partial charge < -0.3 is 18.8 Å². The van der Waals surface area contributed by atoms with Crippen LogP contribution >= 0.6 is 0 Å². The number of rotatable bonds is 10. The zero-order valence-corrected chi connectivity index (χ0v) is 12.0. The molecular formula is C14H23NO4. The van der Waals surface area contributed by atoms with E-state index < -0.39 is 0 Å². The van der Waals surface area contributed by atoms with Crippen LogP contribution in [0.3, 0.4) is 0 Å². The number of hydrogen-bond acceptors (Lipinski definition) is 5. The smallest absolute Gasteiger partial charge is 0.196 e. The summed E-state index contributed by atoms with van der Waals surface area (Å²) in [4.78, 5) is 13.3. The van der Waals surface area contributed by atoms with E-state index in [4.69, 9.17) is 13.9 Å². The van der Waals surface area contributed by atoms with Crippen LogP contribution in [0.25, 0.3) is 0 Å². The second kappa shape index (κ2) is 8.72.